The highest BCUT2D eigenvalue weighted by Gasteiger charge is 2.33. The van der Waals surface area contributed by atoms with E-state index in [0.717, 1.165) is 32.1 Å². The van der Waals surface area contributed by atoms with Crippen LogP contribution in [-0.2, 0) is 19.9 Å². The van der Waals surface area contributed by atoms with Crippen LogP contribution in [0.3, 0.4) is 0 Å². The molecule has 1 aliphatic rings. The molecule has 0 aromatic heterocycles. The SMILES string of the molecule is CCCNC1CCN(S(=O)(=O)CCS(C)(=O)=O)CC1CC. The van der Waals surface area contributed by atoms with E-state index in [1.165, 1.54) is 4.31 Å². The van der Waals surface area contributed by atoms with Crippen molar-refractivity contribution in [2.24, 2.45) is 5.92 Å². The summed E-state index contributed by atoms with van der Waals surface area (Å²) in [7, 11) is -6.73. The number of nitrogens with zero attached hydrogens (tertiary/aromatic N) is 1. The summed E-state index contributed by atoms with van der Waals surface area (Å²) in [5.74, 6) is -0.326. The molecule has 0 radical (unpaired) electrons. The monoisotopic (exact) mass is 340 g/mol. The van der Waals surface area contributed by atoms with Crippen LogP contribution < -0.4 is 5.32 Å². The van der Waals surface area contributed by atoms with Gasteiger partial charge in [0.2, 0.25) is 10.0 Å². The second-order valence-corrected chi connectivity index (χ2v) is 10.2. The molecule has 1 N–H and O–H groups in total. The second-order valence-electron chi connectivity index (χ2n) is 5.82. The Hall–Kier alpha value is -0.180. The molecule has 2 unspecified atom stereocenters. The molecule has 0 aromatic carbocycles. The van der Waals surface area contributed by atoms with Gasteiger partial charge in [0, 0.05) is 25.4 Å². The Labute approximate surface area is 129 Å². The molecule has 1 rings (SSSR count). The molecule has 6 nitrogen and oxygen atoms in total. The van der Waals surface area contributed by atoms with Gasteiger partial charge in [0.05, 0.1) is 11.5 Å². The summed E-state index contributed by atoms with van der Waals surface area (Å²) in [6, 6.07) is 0.358. The summed E-state index contributed by atoms with van der Waals surface area (Å²) in [6.07, 6.45) is 3.83. The number of hydrogen-bond donors (Lipinski definition) is 1. The van der Waals surface area contributed by atoms with E-state index in [1.54, 1.807) is 0 Å². The molecule has 0 saturated carbocycles. The molecule has 21 heavy (non-hydrogen) atoms. The minimum absolute atomic E-state index is 0.290. The Kier molecular flexibility index (Phi) is 7.09. The number of piperidine rings is 1. The summed E-state index contributed by atoms with van der Waals surface area (Å²) in [5, 5.41) is 3.48. The van der Waals surface area contributed by atoms with Gasteiger partial charge in [-0.05, 0) is 25.3 Å². The molecule has 8 heteroatoms. The van der Waals surface area contributed by atoms with Crippen molar-refractivity contribution in [2.45, 2.75) is 39.2 Å². The zero-order valence-corrected chi connectivity index (χ0v) is 14.8. The number of sulfone groups is 1. The lowest BCUT2D eigenvalue weighted by atomic mass is 9.91. The van der Waals surface area contributed by atoms with Crippen LogP contribution in [0.2, 0.25) is 0 Å². The normalized spacial score (nSPS) is 25.1. The molecule has 1 saturated heterocycles. The summed E-state index contributed by atoms with van der Waals surface area (Å²) in [5.41, 5.74) is 0. The van der Waals surface area contributed by atoms with Crippen LogP contribution in [-0.4, -0.2) is 64.6 Å². The fourth-order valence-corrected chi connectivity index (χ4v) is 5.76. The predicted molar refractivity (Wildman–Crippen MR) is 85.6 cm³/mol. The van der Waals surface area contributed by atoms with Crippen molar-refractivity contribution in [1.29, 1.82) is 0 Å². The molecule has 126 valence electrons. The van der Waals surface area contributed by atoms with Gasteiger partial charge in [0.25, 0.3) is 0 Å². The predicted octanol–water partition coefficient (Wildman–Crippen LogP) is 0.461. The van der Waals surface area contributed by atoms with Gasteiger partial charge < -0.3 is 5.32 Å². The average Bonchev–Trinajstić information content (AvgIpc) is 2.42. The third-order valence-corrected chi connectivity index (χ3v) is 7.03. The Bertz CT molecular complexity index is 516. The van der Waals surface area contributed by atoms with Gasteiger partial charge in [-0.15, -0.1) is 0 Å². The molecule has 1 fully saturated rings. The topological polar surface area (TPSA) is 83.6 Å². The molecular weight excluding hydrogens is 312 g/mol. The molecule has 1 aliphatic heterocycles. The van der Waals surface area contributed by atoms with Crippen LogP contribution in [0.25, 0.3) is 0 Å². The summed E-state index contributed by atoms with van der Waals surface area (Å²) >= 11 is 0. The molecule has 0 amide bonds. The van der Waals surface area contributed by atoms with Crippen molar-refractivity contribution in [3.8, 4) is 0 Å². The first-order valence-corrected chi connectivity index (χ1v) is 11.3. The van der Waals surface area contributed by atoms with E-state index >= 15 is 0 Å². The lowest BCUT2D eigenvalue weighted by molar-refractivity contribution is 0.202. The van der Waals surface area contributed by atoms with Crippen molar-refractivity contribution in [1.82, 2.24) is 9.62 Å². The van der Waals surface area contributed by atoms with Gasteiger partial charge in [0.1, 0.15) is 9.84 Å². The summed E-state index contributed by atoms with van der Waals surface area (Å²) in [4.78, 5) is 0. The molecule has 0 spiro atoms. The number of hydrogen-bond acceptors (Lipinski definition) is 5. The maximum atomic E-state index is 12.3. The third kappa shape index (κ3) is 6.22. The third-order valence-electron chi connectivity index (χ3n) is 3.98. The zero-order chi connectivity index (χ0) is 16.1. The minimum Gasteiger partial charge on any atom is -0.314 e. The lowest BCUT2D eigenvalue weighted by Crippen LogP contribution is -2.51. The molecule has 0 bridgehead atoms. The average molecular weight is 341 g/mol. The Morgan fingerprint density at radius 3 is 2.33 bits per heavy atom. The van der Waals surface area contributed by atoms with E-state index in [0.29, 0.717) is 25.0 Å². The smallest absolute Gasteiger partial charge is 0.215 e. The number of nitrogens with one attached hydrogen (secondary N) is 1. The van der Waals surface area contributed by atoms with Crippen LogP contribution in [0.5, 0.6) is 0 Å². The van der Waals surface area contributed by atoms with Crippen molar-refractivity contribution >= 4 is 19.9 Å². The van der Waals surface area contributed by atoms with E-state index in [9.17, 15) is 16.8 Å². The van der Waals surface area contributed by atoms with Gasteiger partial charge >= 0.3 is 0 Å². The van der Waals surface area contributed by atoms with E-state index in [4.69, 9.17) is 0 Å². The van der Waals surface area contributed by atoms with Gasteiger partial charge in [-0.25, -0.2) is 21.1 Å². The highest BCUT2D eigenvalue weighted by molar-refractivity contribution is 7.93. The van der Waals surface area contributed by atoms with Crippen molar-refractivity contribution in [3.05, 3.63) is 0 Å². The van der Waals surface area contributed by atoms with E-state index in [1.807, 2.05) is 0 Å². The molecule has 0 aliphatic carbocycles. The lowest BCUT2D eigenvalue weighted by Gasteiger charge is -2.38. The van der Waals surface area contributed by atoms with Crippen molar-refractivity contribution in [3.63, 3.8) is 0 Å². The fourth-order valence-electron chi connectivity index (χ4n) is 2.65. The first kappa shape index (κ1) is 18.9. The quantitative estimate of drug-likeness (QED) is 0.694. The molecule has 2 atom stereocenters. The highest BCUT2D eigenvalue weighted by atomic mass is 32.2. The van der Waals surface area contributed by atoms with Crippen LogP contribution in [0.4, 0.5) is 0 Å². The van der Waals surface area contributed by atoms with Crippen molar-refractivity contribution < 1.29 is 16.8 Å². The Balaban J connectivity index is 2.65. The van der Waals surface area contributed by atoms with E-state index < -0.39 is 19.9 Å². The molecule has 0 aromatic rings. The fraction of sp³-hybridized carbons (Fsp3) is 1.00. The Morgan fingerprint density at radius 2 is 1.81 bits per heavy atom. The maximum absolute atomic E-state index is 12.3. The first-order valence-electron chi connectivity index (χ1n) is 7.58. The van der Waals surface area contributed by atoms with Crippen LogP contribution in [0, 0.1) is 5.92 Å². The van der Waals surface area contributed by atoms with Gasteiger partial charge in [0.15, 0.2) is 0 Å². The molecular formula is C13H28N2O4S2. The van der Waals surface area contributed by atoms with Gasteiger partial charge in [-0.2, -0.15) is 0 Å². The largest absolute Gasteiger partial charge is 0.314 e. The van der Waals surface area contributed by atoms with Crippen LogP contribution in [0.15, 0.2) is 0 Å². The summed E-state index contributed by atoms with van der Waals surface area (Å²) < 4.78 is 48.3. The van der Waals surface area contributed by atoms with E-state index in [-0.39, 0.29) is 11.5 Å². The van der Waals surface area contributed by atoms with E-state index in [2.05, 4.69) is 19.2 Å². The highest BCUT2D eigenvalue weighted by Crippen LogP contribution is 2.22. The van der Waals surface area contributed by atoms with Crippen LogP contribution in [0.1, 0.15) is 33.1 Å². The minimum atomic E-state index is -3.48. The maximum Gasteiger partial charge on any atom is 0.215 e. The zero-order valence-electron chi connectivity index (χ0n) is 13.2. The van der Waals surface area contributed by atoms with Gasteiger partial charge in [-0.1, -0.05) is 20.3 Å². The van der Waals surface area contributed by atoms with Crippen LogP contribution >= 0.6 is 0 Å². The summed E-state index contributed by atoms with van der Waals surface area (Å²) in [6.45, 7) is 6.09. The molecule has 1 heterocycles. The van der Waals surface area contributed by atoms with Gasteiger partial charge in [-0.3, -0.25) is 0 Å². The second kappa shape index (κ2) is 7.89. The number of sulfonamides is 1. The number of rotatable bonds is 8. The standard InChI is InChI=1S/C13H28N2O4S2/c1-4-7-14-13-6-8-15(11-12(13)5-2)21(18,19)10-9-20(3,16)17/h12-14H,4-11H2,1-3H3. The Morgan fingerprint density at radius 1 is 1.14 bits per heavy atom. The first-order chi connectivity index (χ1) is 9.69. The van der Waals surface area contributed by atoms with Crippen molar-refractivity contribution in [2.75, 3.05) is 37.4 Å².